The van der Waals surface area contributed by atoms with Gasteiger partial charge in [-0.2, -0.15) is 0 Å². The van der Waals surface area contributed by atoms with Crippen LogP contribution in [0.1, 0.15) is 39.4 Å². The van der Waals surface area contributed by atoms with Crippen molar-refractivity contribution in [2.75, 3.05) is 13.2 Å². The average Bonchev–Trinajstić information content (AvgIpc) is 3.11. The Kier molecular flexibility index (Phi) is 6.08. The first-order chi connectivity index (χ1) is 15.1. The summed E-state index contributed by atoms with van der Waals surface area (Å²) in [6.45, 7) is 0.734. The predicted octanol–water partition coefficient (Wildman–Crippen LogP) is 4.12. The molecule has 0 bridgehead atoms. The van der Waals surface area contributed by atoms with Gasteiger partial charge in [0, 0.05) is 24.9 Å². The van der Waals surface area contributed by atoms with Crippen molar-refractivity contribution in [2.24, 2.45) is 5.73 Å². The first kappa shape index (κ1) is 20.3. The van der Waals surface area contributed by atoms with Gasteiger partial charge in [0.15, 0.2) is 0 Å². The van der Waals surface area contributed by atoms with Gasteiger partial charge in [0.2, 0.25) is 5.91 Å². The highest BCUT2D eigenvalue weighted by molar-refractivity contribution is 5.92. The second-order valence-electron chi connectivity index (χ2n) is 7.31. The standard InChI is InChI=1S/C25H23N3O3/c26-24(29)18-13-17(14-27-15-18)7-5-6-12-28-25(30)31-16-23-21-10-3-1-8-19(21)20-9-2-4-11-22(20)23/h1-5,7-11,13-15,23H,6,12,16H2,(H2,26,29)(H,28,30). The minimum absolute atomic E-state index is 0.0445. The van der Waals surface area contributed by atoms with Crippen LogP contribution in [0.4, 0.5) is 4.79 Å². The van der Waals surface area contributed by atoms with Gasteiger partial charge in [0.25, 0.3) is 0 Å². The van der Waals surface area contributed by atoms with Gasteiger partial charge >= 0.3 is 6.09 Å². The van der Waals surface area contributed by atoms with E-state index in [0.717, 1.165) is 5.56 Å². The lowest BCUT2D eigenvalue weighted by atomic mass is 9.98. The topological polar surface area (TPSA) is 94.3 Å². The molecule has 31 heavy (non-hydrogen) atoms. The van der Waals surface area contributed by atoms with E-state index in [4.69, 9.17) is 10.5 Å². The number of nitrogens with two attached hydrogens (primary N) is 1. The van der Waals surface area contributed by atoms with E-state index in [2.05, 4.69) is 34.6 Å². The highest BCUT2D eigenvalue weighted by Crippen LogP contribution is 2.44. The largest absolute Gasteiger partial charge is 0.449 e. The molecule has 1 aromatic heterocycles. The molecule has 6 heteroatoms. The van der Waals surface area contributed by atoms with Crippen molar-refractivity contribution in [1.29, 1.82) is 0 Å². The van der Waals surface area contributed by atoms with Crippen LogP contribution >= 0.6 is 0 Å². The molecule has 0 fully saturated rings. The third kappa shape index (κ3) is 4.64. The molecule has 3 aromatic rings. The number of nitrogens with one attached hydrogen (secondary N) is 1. The van der Waals surface area contributed by atoms with Gasteiger partial charge in [0.05, 0.1) is 5.56 Å². The normalized spacial score (nSPS) is 12.4. The number of carbonyl (C=O) groups excluding carboxylic acids is 2. The smallest absolute Gasteiger partial charge is 0.407 e. The third-order valence-electron chi connectivity index (χ3n) is 5.28. The molecule has 2 aromatic carbocycles. The Morgan fingerprint density at radius 3 is 2.39 bits per heavy atom. The van der Waals surface area contributed by atoms with E-state index in [1.807, 2.05) is 36.4 Å². The van der Waals surface area contributed by atoms with Crippen LogP contribution in [0.15, 0.2) is 73.1 Å². The summed E-state index contributed by atoms with van der Waals surface area (Å²) >= 11 is 0. The Morgan fingerprint density at radius 2 is 1.71 bits per heavy atom. The van der Waals surface area contributed by atoms with Gasteiger partial charge in [-0.1, -0.05) is 60.7 Å². The SMILES string of the molecule is NC(=O)c1cncc(C=CCCNC(=O)OCC2c3ccccc3-c3ccccc32)c1. The number of hydrogen-bond acceptors (Lipinski definition) is 4. The zero-order valence-corrected chi connectivity index (χ0v) is 17.0. The van der Waals surface area contributed by atoms with Crippen LogP contribution in [0.5, 0.6) is 0 Å². The number of rotatable bonds is 7. The van der Waals surface area contributed by atoms with Crippen LogP contribution in [-0.2, 0) is 4.74 Å². The fraction of sp³-hybridized carbons (Fsp3) is 0.160. The minimum Gasteiger partial charge on any atom is -0.449 e. The van der Waals surface area contributed by atoms with Crippen molar-refractivity contribution in [2.45, 2.75) is 12.3 Å². The number of pyridine rings is 1. The Labute approximate surface area is 180 Å². The fourth-order valence-electron chi connectivity index (χ4n) is 3.81. The number of ether oxygens (including phenoxy) is 1. The molecule has 1 aliphatic rings. The van der Waals surface area contributed by atoms with E-state index in [9.17, 15) is 9.59 Å². The number of alkyl carbamates (subject to hydrolysis) is 1. The summed E-state index contributed by atoms with van der Waals surface area (Å²) in [7, 11) is 0. The van der Waals surface area contributed by atoms with Crippen molar-refractivity contribution < 1.29 is 14.3 Å². The molecule has 156 valence electrons. The van der Waals surface area contributed by atoms with Crippen molar-refractivity contribution in [3.63, 3.8) is 0 Å². The Bertz CT molecular complexity index is 1090. The summed E-state index contributed by atoms with van der Waals surface area (Å²) in [5, 5.41) is 2.77. The third-order valence-corrected chi connectivity index (χ3v) is 5.28. The number of aromatic nitrogens is 1. The zero-order chi connectivity index (χ0) is 21.6. The Hall–Kier alpha value is -3.93. The molecule has 0 saturated carbocycles. The summed E-state index contributed by atoms with van der Waals surface area (Å²) in [5.41, 5.74) is 11.2. The Morgan fingerprint density at radius 1 is 1.03 bits per heavy atom. The molecule has 0 aliphatic heterocycles. The quantitative estimate of drug-likeness (QED) is 0.570. The molecule has 0 atom stereocenters. The van der Waals surface area contributed by atoms with Crippen LogP contribution in [0.25, 0.3) is 17.2 Å². The van der Waals surface area contributed by atoms with Crippen molar-refractivity contribution in [3.05, 3.63) is 95.3 Å². The number of benzene rings is 2. The summed E-state index contributed by atoms with van der Waals surface area (Å²) in [4.78, 5) is 27.3. The summed E-state index contributed by atoms with van der Waals surface area (Å²) in [6, 6.07) is 18.1. The molecule has 1 heterocycles. The van der Waals surface area contributed by atoms with Gasteiger partial charge in [-0.25, -0.2) is 4.79 Å². The van der Waals surface area contributed by atoms with Gasteiger partial charge < -0.3 is 15.8 Å². The van der Waals surface area contributed by atoms with E-state index in [1.165, 1.54) is 28.5 Å². The first-order valence-electron chi connectivity index (χ1n) is 10.1. The van der Waals surface area contributed by atoms with Gasteiger partial charge in [-0.3, -0.25) is 9.78 Å². The lowest BCUT2D eigenvalue weighted by Gasteiger charge is -2.14. The summed E-state index contributed by atoms with van der Waals surface area (Å²) in [6.07, 6.45) is 6.97. The maximum atomic E-state index is 12.2. The lowest BCUT2D eigenvalue weighted by Crippen LogP contribution is -2.26. The van der Waals surface area contributed by atoms with Crippen molar-refractivity contribution in [1.82, 2.24) is 10.3 Å². The highest BCUT2D eigenvalue weighted by Gasteiger charge is 2.28. The number of primary amides is 1. The first-order valence-corrected chi connectivity index (χ1v) is 10.1. The maximum Gasteiger partial charge on any atom is 0.407 e. The summed E-state index contributed by atoms with van der Waals surface area (Å²) in [5.74, 6) is -0.470. The lowest BCUT2D eigenvalue weighted by molar-refractivity contribution is 0.0999. The number of fused-ring (bicyclic) bond motifs is 3. The molecule has 2 amide bonds. The van der Waals surface area contributed by atoms with Crippen LogP contribution < -0.4 is 11.1 Å². The monoisotopic (exact) mass is 413 g/mol. The van der Waals surface area contributed by atoms with Crippen LogP contribution in [0.2, 0.25) is 0 Å². The molecule has 0 unspecified atom stereocenters. The van der Waals surface area contributed by atoms with Crippen LogP contribution in [-0.4, -0.2) is 30.1 Å². The zero-order valence-electron chi connectivity index (χ0n) is 17.0. The highest BCUT2D eigenvalue weighted by atomic mass is 16.5. The van der Waals surface area contributed by atoms with E-state index < -0.39 is 12.0 Å². The van der Waals surface area contributed by atoms with Crippen molar-refractivity contribution >= 4 is 18.1 Å². The number of hydrogen-bond donors (Lipinski definition) is 2. The average molecular weight is 413 g/mol. The van der Waals surface area contributed by atoms with Crippen LogP contribution in [0.3, 0.4) is 0 Å². The number of amides is 2. The molecule has 0 spiro atoms. The molecular formula is C25H23N3O3. The Balaban J connectivity index is 1.27. The van der Waals surface area contributed by atoms with Crippen molar-refractivity contribution in [3.8, 4) is 11.1 Å². The molecule has 4 rings (SSSR count). The fourth-order valence-corrected chi connectivity index (χ4v) is 3.81. The van der Waals surface area contributed by atoms with Gasteiger partial charge in [0.1, 0.15) is 6.61 Å². The molecule has 0 radical (unpaired) electrons. The number of nitrogens with zero attached hydrogens (tertiary/aromatic N) is 1. The van der Waals surface area contributed by atoms with Gasteiger partial charge in [-0.15, -0.1) is 0 Å². The molecule has 1 aliphatic carbocycles. The van der Waals surface area contributed by atoms with E-state index in [1.54, 1.807) is 12.3 Å². The van der Waals surface area contributed by atoms with Crippen LogP contribution in [0, 0.1) is 0 Å². The molecule has 0 saturated heterocycles. The molecule has 6 nitrogen and oxygen atoms in total. The maximum absolute atomic E-state index is 12.2. The number of carbonyl (C=O) groups is 2. The minimum atomic E-state index is -0.514. The second-order valence-corrected chi connectivity index (χ2v) is 7.31. The van der Waals surface area contributed by atoms with E-state index in [0.29, 0.717) is 25.1 Å². The molecular weight excluding hydrogens is 390 g/mol. The van der Waals surface area contributed by atoms with Gasteiger partial charge in [-0.05, 0) is 40.3 Å². The second kappa shape index (κ2) is 9.26. The summed E-state index contributed by atoms with van der Waals surface area (Å²) < 4.78 is 5.51. The molecule has 3 N–H and O–H groups in total. The van der Waals surface area contributed by atoms with E-state index in [-0.39, 0.29) is 5.92 Å². The van der Waals surface area contributed by atoms with E-state index >= 15 is 0 Å². The predicted molar refractivity (Wildman–Crippen MR) is 119 cm³/mol.